The van der Waals surface area contributed by atoms with Gasteiger partial charge in [0.05, 0.1) is 4.92 Å². The van der Waals surface area contributed by atoms with Crippen LogP contribution in [0, 0.1) is 32.8 Å². The Labute approximate surface area is 104 Å². The van der Waals surface area contributed by atoms with E-state index in [0.717, 1.165) is 0 Å². The number of hydrogen-bond acceptors (Lipinski definition) is 9. The Morgan fingerprint density at radius 2 is 2.16 bits per heavy atom. The van der Waals surface area contributed by atoms with Crippen LogP contribution in [0.1, 0.15) is 0 Å². The predicted octanol–water partition coefficient (Wildman–Crippen LogP) is 0.946. The summed E-state index contributed by atoms with van der Waals surface area (Å²) in [6.45, 7) is 0. The van der Waals surface area contributed by atoms with Crippen LogP contribution in [0.15, 0.2) is 21.9 Å². The Kier molecular flexibility index (Phi) is 3.00. The summed E-state index contributed by atoms with van der Waals surface area (Å²) in [7, 11) is 0. The van der Waals surface area contributed by atoms with Gasteiger partial charge in [-0.05, 0) is 22.4 Å². The highest BCUT2D eigenvalue weighted by molar-refractivity contribution is 6.10. The number of hydrazone groups is 1. The number of nitrogens with one attached hydrogen (secondary N) is 1. The number of nitro benzene ring substituents is 1. The van der Waals surface area contributed by atoms with Crippen LogP contribution in [-0.2, 0) is 0 Å². The van der Waals surface area contributed by atoms with Crippen LogP contribution in [0.25, 0.3) is 11.0 Å². The van der Waals surface area contributed by atoms with Gasteiger partial charge in [-0.15, -0.1) is 0 Å². The Balaban J connectivity index is 2.52. The van der Waals surface area contributed by atoms with Crippen molar-refractivity contribution in [3.05, 3.63) is 22.2 Å². The van der Waals surface area contributed by atoms with E-state index in [2.05, 4.69) is 25.5 Å². The summed E-state index contributed by atoms with van der Waals surface area (Å²) in [6, 6.07) is 5.77. The molecule has 2 rings (SSSR count). The summed E-state index contributed by atoms with van der Waals surface area (Å²) in [5.74, 6) is 0. The fourth-order valence-electron chi connectivity index (χ4n) is 1.30. The third-order valence-electron chi connectivity index (χ3n) is 2.08. The van der Waals surface area contributed by atoms with Crippen LogP contribution in [-0.4, -0.2) is 20.9 Å². The normalized spacial score (nSPS) is 9.37. The van der Waals surface area contributed by atoms with Crippen molar-refractivity contribution in [2.24, 2.45) is 5.10 Å². The van der Waals surface area contributed by atoms with E-state index in [-0.39, 0.29) is 16.7 Å². The minimum Gasteiger partial charge on any atom is -0.270 e. The SMILES string of the molecule is N#CC(C#N)=NNc1ccc2nonc2c1[N+](=O)[O-]. The molecule has 0 unspecified atom stereocenters. The molecule has 10 heteroatoms. The number of nitro groups is 1. The van der Waals surface area contributed by atoms with E-state index in [9.17, 15) is 10.1 Å². The third-order valence-corrected chi connectivity index (χ3v) is 2.08. The lowest BCUT2D eigenvalue weighted by atomic mass is 10.2. The first-order chi connectivity index (χ1) is 9.17. The van der Waals surface area contributed by atoms with Gasteiger partial charge in [0.2, 0.25) is 11.2 Å². The number of nitrogens with zero attached hydrogens (tertiary/aromatic N) is 6. The lowest BCUT2D eigenvalue weighted by molar-refractivity contribution is -0.382. The lowest BCUT2D eigenvalue weighted by Crippen LogP contribution is -2.00. The Morgan fingerprint density at radius 3 is 2.79 bits per heavy atom. The van der Waals surface area contributed by atoms with Crippen LogP contribution in [0.3, 0.4) is 0 Å². The molecule has 0 radical (unpaired) electrons. The standard InChI is InChI=1S/C9H3N7O3/c10-3-5(4-11)12-13-7-2-1-6-8(15-19-14-6)9(7)16(17)18/h1-2,13H. The van der Waals surface area contributed by atoms with E-state index in [4.69, 9.17) is 10.5 Å². The molecule has 0 fully saturated rings. The number of rotatable bonds is 3. The molecule has 19 heavy (non-hydrogen) atoms. The summed E-state index contributed by atoms with van der Waals surface area (Å²) in [4.78, 5) is 10.3. The molecule has 1 heterocycles. The smallest absolute Gasteiger partial charge is 0.270 e. The van der Waals surface area contributed by atoms with Crippen LogP contribution >= 0.6 is 0 Å². The number of aromatic nitrogens is 2. The number of benzene rings is 1. The molecule has 0 saturated heterocycles. The van der Waals surface area contributed by atoms with Gasteiger partial charge in [-0.3, -0.25) is 15.5 Å². The van der Waals surface area contributed by atoms with Crippen molar-refractivity contribution in [1.29, 1.82) is 10.5 Å². The molecular weight excluding hydrogens is 254 g/mol. The van der Waals surface area contributed by atoms with E-state index >= 15 is 0 Å². The molecule has 0 aliphatic rings. The first-order valence-corrected chi connectivity index (χ1v) is 4.71. The Morgan fingerprint density at radius 1 is 1.42 bits per heavy atom. The Bertz CT molecular complexity index is 748. The predicted molar refractivity (Wildman–Crippen MR) is 60.7 cm³/mol. The highest BCUT2D eigenvalue weighted by Gasteiger charge is 2.22. The first-order valence-electron chi connectivity index (χ1n) is 4.71. The minimum atomic E-state index is -0.692. The van der Waals surface area contributed by atoms with Gasteiger partial charge in [-0.2, -0.15) is 15.6 Å². The maximum absolute atomic E-state index is 11.0. The molecule has 0 aliphatic heterocycles. The molecule has 0 aliphatic carbocycles. The summed E-state index contributed by atoms with van der Waals surface area (Å²) < 4.78 is 4.41. The molecule has 0 spiro atoms. The second kappa shape index (κ2) is 4.77. The Hall–Kier alpha value is -3.53. The molecule has 0 atom stereocenters. The van der Waals surface area contributed by atoms with Crippen molar-refractivity contribution in [3.8, 4) is 12.1 Å². The second-order valence-electron chi connectivity index (χ2n) is 3.15. The van der Waals surface area contributed by atoms with Gasteiger partial charge >= 0.3 is 5.69 Å². The third kappa shape index (κ3) is 2.13. The van der Waals surface area contributed by atoms with Gasteiger partial charge in [0.25, 0.3) is 0 Å². The van der Waals surface area contributed by atoms with Gasteiger partial charge in [-0.25, -0.2) is 4.63 Å². The summed E-state index contributed by atoms with van der Waals surface area (Å²) in [5, 5.41) is 38.3. The van der Waals surface area contributed by atoms with Crippen LogP contribution in [0.5, 0.6) is 0 Å². The fraction of sp³-hybridized carbons (Fsp3) is 0. The van der Waals surface area contributed by atoms with E-state index in [1.54, 1.807) is 0 Å². The van der Waals surface area contributed by atoms with E-state index < -0.39 is 16.3 Å². The lowest BCUT2D eigenvalue weighted by Gasteiger charge is -2.00. The number of nitriles is 2. The largest absolute Gasteiger partial charge is 0.325 e. The van der Waals surface area contributed by atoms with E-state index in [0.29, 0.717) is 0 Å². The number of anilines is 1. The van der Waals surface area contributed by atoms with Gasteiger partial charge in [0.1, 0.15) is 23.3 Å². The van der Waals surface area contributed by atoms with Crippen molar-refractivity contribution in [3.63, 3.8) is 0 Å². The van der Waals surface area contributed by atoms with Crippen molar-refractivity contribution >= 4 is 28.1 Å². The quantitative estimate of drug-likeness (QED) is 0.484. The molecule has 0 amide bonds. The zero-order valence-corrected chi connectivity index (χ0v) is 9.06. The van der Waals surface area contributed by atoms with Gasteiger partial charge < -0.3 is 0 Å². The molecular formula is C9H3N7O3. The molecule has 0 saturated carbocycles. The molecule has 0 bridgehead atoms. The van der Waals surface area contributed by atoms with E-state index in [1.807, 2.05) is 0 Å². The van der Waals surface area contributed by atoms with Gasteiger partial charge in [0, 0.05) is 0 Å². The van der Waals surface area contributed by atoms with Crippen molar-refractivity contribution in [2.45, 2.75) is 0 Å². The minimum absolute atomic E-state index is 0.0313. The maximum Gasteiger partial charge on any atom is 0.325 e. The molecule has 1 aromatic heterocycles. The molecule has 10 nitrogen and oxygen atoms in total. The number of fused-ring (bicyclic) bond motifs is 1. The van der Waals surface area contributed by atoms with Gasteiger partial charge in [-0.1, -0.05) is 0 Å². The maximum atomic E-state index is 11.0. The zero-order valence-electron chi connectivity index (χ0n) is 9.06. The summed E-state index contributed by atoms with van der Waals surface area (Å²) in [5.41, 5.74) is 1.52. The van der Waals surface area contributed by atoms with Crippen molar-refractivity contribution in [2.75, 3.05) is 5.43 Å². The molecule has 2 aromatic rings. The average molecular weight is 257 g/mol. The fourth-order valence-corrected chi connectivity index (χ4v) is 1.30. The van der Waals surface area contributed by atoms with Gasteiger partial charge in [0.15, 0.2) is 0 Å². The average Bonchev–Trinajstić information content (AvgIpc) is 2.87. The topological polar surface area (TPSA) is 154 Å². The molecule has 1 N–H and O–H groups in total. The number of hydrogen-bond donors (Lipinski definition) is 1. The van der Waals surface area contributed by atoms with Crippen molar-refractivity contribution < 1.29 is 9.55 Å². The highest BCUT2D eigenvalue weighted by Crippen LogP contribution is 2.31. The van der Waals surface area contributed by atoms with E-state index in [1.165, 1.54) is 24.3 Å². The second-order valence-corrected chi connectivity index (χ2v) is 3.15. The zero-order chi connectivity index (χ0) is 13.8. The molecule has 92 valence electrons. The summed E-state index contributed by atoms with van der Waals surface area (Å²) in [6.07, 6.45) is 0. The summed E-state index contributed by atoms with van der Waals surface area (Å²) >= 11 is 0. The first kappa shape index (κ1) is 11.9. The van der Waals surface area contributed by atoms with Crippen LogP contribution < -0.4 is 5.43 Å². The van der Waals surface area contributed by atoms with Crippen LogP contribution in [0.2, 0.25) is 0 Å². The monoisotopic (exact) mass is 257 g/mol. The highest BCUT2D eigenvalue weighted by atomic mass is 16.6. The molecule has 1 aromatic carbocycles. The van der Waals surface area contributed by atoms with Crippen molar-refractivity contribution in [1.82, 2.24) is 10.3 Å². The van der Waals surface area contributed by atoms with Crippen LogP contribution in [0.4, 0.5) is 11.4 Å².